The monoisotopic (exact) mass is 177 g/mol. The number of esters is 1. The van der Waals surface area contributed by atoms with Crippen LogP contribution in [0.1, 0.15) is 12.5 Å². The van der Waals surface area contributed by atoms with Crippen LogP contribution in [-0.4, -0.2) is 12.0 Å². The average molecular weight is 177 g/mol. The zero-order chi connectivity index (χ0) is 9.42. The number of aryl methyl sites for hydroxylation is 1. The third-order valence-electron chi connectivity index (χ3n) is 2.07. The Morgan fingerprint density at radius 3 is 3.00 bits per heavy atom. The smallest absolute Gasteiger partial charge is 0.333 e. The Morgan fingerprint density at radius 2 is 2.23 bits per heavy atom. The summed E-state index contributed by atoms with van der Waals surface area (Å²) in [6.07, 6.45) is 0. The third kappa shape index (κ3) is 1.37. The van der Waals surface area contributed by atoms with Gasteiger partial charge in [0.05, 0.1) is 5.69 Å². The highest BCUT2D eigenvalue weighted by atomic mass is 16.5. The molecule has 0 saturated heterocycles. The number of nitrogens with one attached hydrogen (secondary N) is 1. The molecule has 1 unspecified atom stereocenters. The van der Waals surface area contributed by atoms with E-state index in [-0.39, 0.29) is 12.0 Å². The quantitative estimate of drug-likeness (QED) is 0.484. The van der Waals surface area contributed by atoms with Crippen molar-refractivity contribution in [2.75, 3.05) is 5.32 Å². The van der Waals surface area contributed by atoms with Crippen molar-refractivity contribution in [2.24, 2.45) is 0 Å². The molecule has 2 rings (SSSR count). The Bertz CT molecular complexity index is 360. The fourth-order valence-electron chi connectivity index (χ4n) is 1.32. The van der Waals surface area contributed by atoms with Crippen molar-refractivity contribution in [2.45, 2.75) is 19.9 Å². The summed E-state index contributed by atoms with van der Waals surface area (Å²) in [5.74, 6) is 0.404. The Morgan fingerprint density at radius 1 is 1.46 bits per heavy atom. The molecule has 68 valence electrons. The maximum absolute atomic E-state index is 11.2. The molecule has 1 aliphatic rings. The van der Waals surface area contributed by atoms with Crippen molar-refractivity contribution in [1.29, 1.82) is 0 Å². The Balaban J connectivity index is 2.42. The first-order valence-corrected chi connectivity index (χ1v) is 4.26. The van der Waals surface area contributed by atoms with Crippen LogP contribution in [-0.2, 0) is 4.79 Å². The topological polar surface area (TPSA) is 38.3 Å². The van der Waals surface area contributed by atoms with Gasteiger partial charge in [0, 0.05) is 0 Å². The molecule has 0 aromatic heterocycles. The van der Waals surface area contributed by atoms with Crippen molar-refractivity contribution in [3.05, 3.63) is 23.8 Å². The largest absolute Gasteiger partial charge is 0.423 e. The van der Waals surface area contributed by atoms with Gasteiger partial charge in [-0.15, -0.1) is 0 Å². The van der Waals surface area contributed by atoms with Crippen molar-refractivity contribution >= 4 is 11.7 Å². The maximum Gasteiger partial charge on any atom is 0.333 e. The van der Waals surface area contributed by atoms with Crippen molar-refractivity contribution in [1.82, 2.24) is 0 Å². The number of carbonyl (C=O) groups is 1. The summed E-state index contributed by atoms with van der Waals surface area (Å²) in [7, 11) is 0. The summed E-state index contributed by atoms with van der Waals surface area (Å²) in [6.45, 7) is 3.75. The molecule has 0 fully saturated rings. The van der Waals surface area contributed by atoms with E-state index in [0.29, 0.717) is 5.75 Å². The summed E-state index contributed by atoms with van der Waals surface area (Å²) in [6, 6.07) is 5.51. The van der Waals surface area contributed by atoms with E-state index in [1.165, 1.54) is 0 Å². The van der Waals surface area contributed by atoms with Crippen LogP contribution in [0.5, 0.6) is 5.75 Å². The molecule has 1 aromatic rings. The summed E-state index contributed by atoms with van der Waals surface area (Å²) in [5.41, 5.74) is 1.97. The molecule has 1 atom stereocenters. The molecule has 13 heavy (non-hydrogen) atoms. The van der Waals surface area contributed by atoms with E-state index in [1.54, 1.807) is 6.92 Å². The van der Waals surface area contributed by atoms with Crippen LogP contribution in [0, 0.1) is 6.92 Å². The molecule has 0 spiro atoms. The minimum atomic E-state index is -0.254. The van der Waals surface area contributed by atoms with Crippen molar-refractivity contribution < 1.29 is 9.53 Å². The second kappa shape index (κ2) is 2.76. The second-order valence-corrected chi connectivity index (χ2v) is 3.29. The number of fused-ring (bicyclic) bond motifs is 1. The first-order chi connectivity index (χ1) is 6.16. The highest BCUT2D eigenvalue weighted by Gasteiger charge is 2.23. The van der Waals surface area contributed by atoms with Gasteiger partial charge in [-0.1, -0.05) is 6.07 Å². The van der Waals surface area contributed by atoms with Gasteiger partial charge in [0.25, 0.3) is 0 Å². The maximum atomic E-state index is 11.2. The highest BCUT2D eigenvalue weighted by Crippen LogP contribution is 2.29. The van der Waals surface area contributed by atoms with Crippen LogP contribution in [0.25, 0.3) is 0 Å². The normalized spacial score (nSPS) is 20.2. The molecule has 3 heteroatoms. The van der Waals surface area contributed by atoms with E-state index >= 15 is 0 Å². The van der Waals surface area contributed by atoms with Gasteiger partial charge in [-0.2, -0.15) is 0 Å². The Hall–Kier alpha value is -1.51. The predicted octanol–water partition coefficient (Wildman–Crippen LogP) is 1.71. The van der Waals surface area contributed by atoms with Crippen LogP contribution in [0.4, 0.5) is 5.69 Å². The number of carbonyl (C=O) groups excluding carboxylic acids is 1. The van der Waals surface area contributed by atoms with E-state index in [9.17, 15) is 4.79 Å². The van der Waals surface area contributed by atoms with E-state index in [2.05, 4.69) is 5.32 Å². The van der Waals surface area contributed by atoms with E-state index in [0.717, 1.165) is 11.3 Å². The lowest BCUT2D eigenvalue weighted by Crippen LogP contribution is -2.34. The van der Waals surface area contributed by atoms with Gasteiger partial charge in [0.2, 0.25) is 0 Å². The van der Waals surface area contributed by atoms with Crippen molar-refractivity contribution in [3.8, 4) is 5.75 Å². The Kier molecular flexibility index (Phi) is 1.72. The molecule has 0 radical (unpaired) electrons. The minimum Gasteiger partial charge on any atom is -0.423 e. The zero-order valence-corrected chi connectivity index (χ0v) is 7.63. The number of benzene rings is 1. The summed E-state index contributed by atoms with van der Waals surface area (Å²) in [5, 5.41) is 3.06. The summed E-state index contributed by atoms with van der Waals surface area (Å²) >= 11 is 0. The number of anilines is 1. The van der Waals surface area contributed by atoms with Gasteiger partial charge < -0.3 is 10.1 Å². The van der Waals surface area contributed by atoms with E-state index in [1.807, 2.05) is 25.1 Å². The van der Waals surface area contributed by atoms with Gasteiger partial charge in [-0.05, 0) is 31.5 Å². The van der Waals surface area contributed by atoms with Gasteiger partial charge in [0.15, 0.2) is 5.75 Å². The molecule has 1 aromatic carbocycles. The molecule has 0 saturated carbocycles. The molecule has 0 aliphatic carbocycles. The van der Waals surface area contributed by atoms with Gasteiger partial charge in [-0.25, -0.2) is 4.79 Å². The van der Waals surface area contributed by atoms with E-state index in [4.69, 9.17) is 4.74 Å². The fraction of sp³-hybridized carbons (Fsp3) is 0.300. The van der Waals surface area contributed by atoms with Gasteiger partial charge in [-0.3, -0.25) is 0 Å². The number of hydrogen-bond acceptors (Lipinski definition) is 3. The van der Waals surface area contributed by atoms with Crippen LogP contribution in [0.15, 0.2) is 18.2 Å². The van der Waals surface area contributed by atoms with Gasteiger partial charge in [0.1, 0.15) is 6.04 Å². The molecule has 0 amide bonds. The second-order valence-electron chi connectivity index (χ2n) is 3.29. The van der Waals surface area contributed by atoms with Crippen molar-refractivity contribution in [3.63, 3.8) is 0 Å². The molecule has 3 nitrogen and oxygen atoms in total. The van der Waals surface area contributed by atoms with Crippen LogP contribution >= 0.6 is 0 Å². The summed E-state index contributed by atoms with van der Waals surface area (Å²) < 4.78 is 5.12. The molecule has 1 N–H and O–H groups in total. The Labute approximate surface area is 76.7 Å². The predicted molar refractivity (Wildman–Crippen MR) is 49.9 cm³/mol. The molecule has 1 heterocycles. The summed E-state index contributed by atoms with van der Waals surface area (Å²) in [4.78, 5) is 11.2. The lowest BCUT2D eigenvalue weighted by molar-refractivity contribution is -0.135. The fourth-order valence-corrected chi connectivity index (χ4v) is 1.32. The lowest BCUT2D eigenvalue weighted by Gasteiger charge is -2.22. The van der Waals surface area contributed by atoms with E-state index < -0.39 is 0 Å². The lowest BCUT2D eigenvalue weighted by atomic mass is 10.1. The molecule has 0 bridgehead atoms. The molecule has 1 aliphatic heterocycles. The highest BCUT2D eigenvalue weighted by molar-refractivity contribution is 5.86. The SMILES string of the molecule is Cc1ccc2c(c1)OC(=O)C(C)N2. The number of rotatable bonds is 0. The third-order valence-corrected chi connectivity index (χ3v) is 2.07. The standard InChI is InChI=1S/C10H11NO2/c1-6-3-4-8-9(5-6)13-10(12)7(2)11-8/h3-5,7,11H,1-2H3. The van der Waals surface area contributed by atoms with Crippen LogP contribution in [0.2, 0.25) is 0 Å². The van der Waals surface area contributed by atoms with Crippen LogP contribution < -0.4 is 10.1 Å². The number of hydrogen-bond donors (Lipinski definition) is 1. The average Bonchev–Trinajstić information content (AvgIpc) is 2.08. The molecular weight excluding hydrogens is 166 g/mol. The first-order valence-electron chi connectivity index (χ1n) is 4.26. The van der Waals surface area contributed by atoms with Crippen LogP contribution in [0.3, 0.4) is 0 Å². The number of ether oxygens (including phenoxy) is 1. The minimum absolute atomic E-state index is 0.224. The molecular formula is C10H11NO2. The zero-order valence-electron chi connectivity index (χ0n) is 7.63. The first kappa shape index (κ1) is 8.10. The van der Waals surface area contributed by atoms with Gasteiger partial charge >= 0.3 is 5.97 Å².